The van der Waals surface area contributed by atoms with Gasteiger partial charge in [0.15, 0.2) is 0 Å². The third kappa shape index (κ3) is 3.14. The number of halogens is 2. The summed E-state index contributed by atoms with van der Waals surface area (Å²) in [5, 5.41) is 9.57. The molecule has 1 heterocycles. The predicted molar refractivity (Wildman–Crippen MR) is 103 cm³/mol. The molecule has 0 amide bonds. The zero-order valence-electron chi connectivity index (χ0n) is 14.2. The molecule has 0 saturated carbocycles. The molecule has 3 aromatic rings. The van der Waals surface area contributed by atoms with Crippen LogP contribution in [-0.4, -0.2) is 12.1 Å². The first-order valence-corrected chi connectivity index (χ1v) is 8.55. The first-order valence-electron chi connectivity index (χ1n) is 7.76. The zero-order valence-corrected chi connectivity index (χ0v) is 15.8. The number of hydrogen-bond acceptors (Lipinski definition) is 4. The highest BCUT2D eigenvalue weighted by atomic mass is 79.9. The third-order valence-corrected chi connectivity index (χ3v) is 4.76. The maximum atomic E-state index is 13.6. The highest BCUT2D eigenvalue weighted by molar-refractivity contribution is 9.10. The van der Waals surface area contributed by atoms with Crippen LogP contribution in [0.5, 0.6) is 5.75 Å². The number of aromatic nitrogens is 1. The van der Waals surface area contributed by atoms with E-state index < -0.39 is 0 Å². The van der Waals surface area contributed by atoms with Crippen molar-refractivity contribution in [1.82, 2.24) is 4.98 Å². The lowest BCUT2D eigenvalue weighted by atomic mass is 9.93. The number of benzene rings is 2. The molecule has 26 heavy (non-hydrogen) atoms. The number of methoxy groups -OCH3 is 1. The Hall–Kier alpha value is -2.91. The number of anilines is 1. The summed E-state index contributed by atoms with van der Waals surface area (Å²) in [5.74, 6) is 0.498. The fourth-order valence-electron chi connectivity index (χ4n) is 2.85. The van der Waals surface area contributed by atoms with Gasteiger partial charge in [0.25, 0.3) is 0 Å². The Kier molecular flexibility index (Phi) is 4.92. The average Bonchev–Trinajstić information content (AvgIpc) is 2.65. The van der Waals surface area contributed by atoms with E-state index in [1.54, 1.807) is 19.2 Å². The van der Waals surface area contributed by atoms with E-state index in [1.165, 1.54) is 6.07 Å². The monoisotopic (exact) mass is 411 g/mol. The van der Waals surface area contributed by atoms with Crippen molar-refractivity contribution in [2.45, 2.75) is 6.92 Å². The van der Waals surface area contributed by atoms with Crippen LogP contribution < -0.4 is 10.5 Å². The molecule has 0 atom stereocenters. The molecule has 0 radical (unpaired) electrons. The van der Waals surface area contributed by atoms with Gasteiger partial charge in [-0.2, -0.15) is 5.26 Å². The fraction of sp³-hybridized carbons (Fsp3) is 0.100. The van der Waals surface area contributed by atoms with Gasteiger partial charge in [-0.3, -0.25) is 0 Å². The van der Waals surface area contributed by atoms with Crippen LogP contribution in [0, 0.1) is 24.1 Å². The summed E-state index contributed by atoms with van der Waals surface area (Å²) < 4.78 is 19.1. The van der Waals surface area contributed by atoms with Gasteiger partial charge in [0.1, 0.15) is 29.0 Å². The van der Waals surface area contributed by atoms with Gasteiger partial charge in [0, 0.05) is 11.1 Å². The third-order valence-electron chi connectivity index (χ3n) is 4.15. The molecule has 4 nitrogen and oxygen atoms in total. The Labute approximate surface area is 159 Å². The van der Waals surface area contributed by atoms with Crippen molar-refractivity contribution in [3.05, 3.63) is 63.9 Å². The molecule has 0 aliphatic carbocycles. The number of nitrogens with zero attached hydrogens (tertiary/aromatic N) is 2. The quantitative estimate of drug-likeness (QED) is 0.651. The Morgan fingerprint density at radius 1 is 1.15 bits per heavy atom. The van der Waals surface area contributed by atoms with Gasteiger partial charge in [-0.15, -0.1) is 0 Å². The molecule has 0 unspecified atom stereocenters. The highest BCUT2D eigenvalue weighted by Crippen LogP contribution is 2.37. The lowest BCUT2D eigenvalue weighted by molar-refractivity contribution is 0.415. The smallest absolute Gasteiger partial charge is 0.142 e. The first-order chi connectivity index (χ1) is 12.5. The van der Waals surface area contributed by atoms with Crippen molar-refractivity contribution < 1.29 is 9.13 Å². The molecule has 3 rings (SSSR count). The SMILES string of the molecule is COc1ccc(-c2nc(N)c(C#N)c(-c3ccc(F)c(Br)c3)c2C)cc1. The number of nitrogen functional groups attached to an aromatic ring is 1. The van der Waals surface area contributed by atoms with Crippen molar-refractivity contribution in [2.24, 2.45) is 0 Å². The number of pyridine rings is 1. The second kappa shape index (κ2) is 7.14. The lowest BCUT2D eigenvalue weighted by Crippen LogP contribution is -2.03. The van der Waals surface area contributed by atoms with Gasteiger partial charge in [-0.1, -0.05) is 6.07 Å². The number of nitriles is 1. The van der Waals surface area contributed by atoms with Crippen LogP contribution in [0.25, 0.3) is 22.4 Å². The van der Waals surface area contributed by atoms with E-state index in [2.05, 4.69) is 27.0 Å². The van der Waals surface area contributed by atoms with E-state index in [1.807, 2.05) is 31.2 Å². The molecule has 0 spiro atoms. The average molecular weight is 412 g/mol. The molecule has 0 bridgehead atoms. The molecule has 0 saturated heterocycles. The summed E-state index contributed by atoms with van der Waals surface area (Å²) in [7, 11) is 1.60. The van der Waals surface area contributed by atoms with Gasteiger partial charge < -0.3 is 10.5 Å². The van der Waals surface area contributed by atoms with E-state index in [-0.39, 0.29) is 17.2 Å². The Morgan fingerprint density at radius 2 is 1.81 bits per heavy atom. The number of hydrogen-bond donors (Lipinski definition) is 1. The Balaban J connectivity index is 2.27. The van der Waals surface area contributed by atoms with Crippen molar-refractivity contribution in [2.75, 3.05) is 12.8 Å². The maximum absolute atomic E-state index is 13.6. The van der Waals surface area contributed by atoms with E-state index in [0.29, 0.717) is 21.3 Å². The van der Waals surface area contributed by atoms with Gasteiger partial charge in [0.05, 0.1) is 17.3 Å². The van der Waals surface area contributed by atoms with E-state index in [9.17, 15) is 9.65 Å². The summed E-state index contributed by atoms with van der Waals surface area (Å²) >= 11 is 3.19. The van der Waals surface area contributed by atoms with Crippen molar-refractivity contribution in [3.63, 3.8) is 0 Å². The standard InChI is InChI=1S/C20H15BrFN3O/c1-11-18(13-5-8-17(22)16(21)9-13)15(10-23)20(24)25-19(11)12-3-6-14(26-2)7-4-12/h3-9H,1-2H3,(H2,24,25). The second-order valence-corrected chi connectivity index (χ2v) is 6.54. The second-order valence-electron chi connectivity index (χ2n) is 5.69. The van der Waals surface area contributed by atoms with Gasteiger partial charge in [0.2, 0.25) is 0 Å². The normalized spacial score (nSPS) is 10.4. The number of rotatable bonds is 3. The molecule has 0 aliphatic heterocycles. The van der Waals surface area contributed by atoms with Crippen molar-refractivity contribution in [3.8, 4) is 34.2 Å². The molecule has 0 fully saturated rings. The van der Waals surface area contributed by atoms with E-state index in [4.69, 9.17) is 10.5 Å². The molecule has 130 valence electrons. The van der Waals surface area contributed by atoms with E-state index in [0.717, 1.165) is 16.9 Å². The molecule has 2 aromatic carbocycles. The van der Waals surface area contributed by atoms with Gasteiger partial charge in [-0.25, -0.2) is 9.37 Å². The molecular weight excluding hydrogens is 397 g/mol. The van der Waals surface area contributed by atoms with Gasteiger partial charge >= 0.3 is 0 Å². The first kappa shape index (κ1) is 17.9. The fourth-order valence-corrected chi connectivity index (χ4v) is 3.23. The Bertz CT molecular complexity index is 1030. The van der Waals surface area contributed by atoms with Crippen LogP contribution in [-0.2, 0) is 0 Å². The topological polar surface area (TPSA) is 71.9 Å². The van der Waals surface area contributed by atoms with Crippen LogP contribution in [0.4, 0.5) is 10.2 Å². The van der Waals surface area contributed by atoms with Crippen molar-refractivity contribution >= 4 is 21.7 Å². The van der Waals surface area contributed by atoms with Crippen LogP contribution in [0.1, 0.15) is 11.1 Å². The minimum absolute atomic E-state index is 0.138. The minimum atomic E-state index is -0.373. The van der Waals surface area contributed by atoms with Crippen molar-refractivity contribution in [1.29, 1.82) is 5.26 Å². The van der Waals surface area contributed by atoms with E-state index >= 15 is 0 Å². The lowest BCUT2D eigenvalue weighted by Gasteiger charge is -2.15. The van der Waals surface area contributed by atoms with Gasteiger partial charge in [-0.05, 0) is 70.4 Å². The van der Waals surface area contributed by atoms with Crippen LogP contribution in [0.3, 0.4) is 0 Å². The number of ether oxygens (including phenoxy) is 1. The maximum Gasteiger partial charge on any atom is 0.142 e. The summed E-state index contributed by atoms with van der Waals surface area (Å²) in [6, 6.07) is 14.2. The summed E-state index contributed by atoms with van der Waals surface area (Å²) in [6.07, 6.45) is 0. The predicted octanol–water partition coefficient (Wildman–Crippen LogP) is 5.09. The van der Waals surface area contributed by atoms with Crippen LogP contribution >= 0.6 is 15.9 Å². The summed E-state index contributed by atoms with van der Waals surface area (Å²) in [5.41, 5.74) is 9.97. The molecule has 2 N–H and O–H groups in total. The minimum Gasteiger partial charge on any atom is -0.497 e. The number of nitrogens with two attached hydrogens (primary N) is 1. The summed E-state index contributed by atoms with van der Waals surface area (Å²) in [4.78, 5) is 4.42. The Morgan fingerprint density at radius 3 is 2.38 bits per heavy atom. The van der Waals surface area contributed by atoms with Crippen LogP contribution in [0.15, 0.2) is 46.9 Å². The molecule has 1 aromatic heterocycles. The highest BCUT2D eigenvalue weighted by Gasteiger charge is 2.19. The molecule has 0 aliphatic rings. The largest absolute Gasteiger partial charge is 0.497 e. The molecular formula is C20H15BrFN3O. The zero-order chi connectivity index (χ0) is 18.8. The van der Waals surface area contributed by atoms with Crippen LogP contribution in [0.2, 0.25) is 0 Å². The molecule has 6 heteroatoms. The summed E-state index contributed by atoms with van der Waals surface area (Å²) in [6.45, 7) is 1.87.